The first kappa shape index (κ1) is 20.0. The van der Waals surface area contributed by atoms with Gasteiger partial charge in [-0.05, 0) is 44.4 Å². The summed E-state index contributed by atoms with van der Waals surface area (Å²) in [5, 5.41) is 6.58. The first-order valence-electron chi connectivity index (χ1n) is 10.1. The molecule has 1 fully saturated rings. The van der Waals surface area contributed by atoms with Crippen molar-refractivity contribution in [1.82, 2.24) is 25.5 Å². The molecule has 3 N–H and O–H groups in total. The summed E-state index contributed by atoms with van der Waals surface area (Å²) in [6, 6.07) is 3.84. The highest BCUT2D eigenvalue weighted by Gasteiger charge is 2.45. The minimum Gasteiger partial charge on any atom is -0.353 e. The Morgan fingerprint density at radius 2 is 2.07 bits per heavy atom. The molecule has 2 aromatic rings. The number of H-pyrrole nitrogens is 1. The molecule has 0 radical (unpaired) electrons. The molecule has 2 aliphatic heterocycles. The Kier molecular flexibility index (Phi) is 5.40. The Labute approximate surface area is 169 Å². The monoisotopic (exact) mass is 403 g/mol. The number of hydrogen-bond acceptors (Lipinski definition) is 4. The predicted molar refractivity (Wildman–Crippen MR) is 105 cm³/mol. The second kappa shape index (κ2) is 7.84. The molecule has 1 aromatic carbocycles. The summed E-state index contributed by atoms with van der Waals surface area (Å²) in [5.41, 5.74) is 2.42. The van der Waals surface area contributed by atoms with Crippen molar-refractivity contribution in [1.29, 1.82) is 0 Å². The number of likely N-dealkylation sites (tertiary alicyclic amines) is 1. The van der Waals surface area contributed by atoms with Gasteiger partial charge in [-0.1, -0.05) is 6.07 Å². The van der Waals surface area contributed by atoms with Gasteiger partial charge < -0.3 is 10.3 Å². The Morgan fingerprint density at radius 3 is 2.76 bits per heavy atom. The SMILES string of the molecule is CC(C)NC(=O)[C@@H]1Cc2[nH]cnc2C2(CCN(Cc3ccc(F)c(F)c3)CC2)N1. The zero-order valence-corrected chi connectivity index (χ0v) is 16.8. The lowest BCUT2D eigenvalue weighted by Gasteiger charge is -2.46. The van der Waals surface area contributed by atoms with Crippen LogP contribution in [-0.2, 0) is 23.3 Å². The van der Waals surface area contributed by atoms with Crippen LogP contribution in [0.15, 0.2) is 24.5 Å². The lowest BCUT2D eigenvalue weighted by molar-refractivity contribution is -0.124. The van der Waals surface area contributed by atoms with Crippen molar-refractivity contribution in [2.75, 3.05) is 13.1 Å². The van der Waals surface area contributed by atoms with Gasteiger partial charge in [-0.3, -0.25) is 15.0 Å². The Morgan fingerprint density at radius 1 is 1.31 bits per heavy atom. The molecule has 1 spiro atoms. The van der Waals surface area contributed by atoms with E-state index in [0.29, 0.717) is 13.0 Å². The van der Waals surface area contributed by atoms with E-state index >= 15 is 0 Å². The molecule has 4 rings (SSSR count). The van der Waals surface area contributed by atoms with Crippen LogP contribution in [0.3, 0.4) is 0 Å². The van der Waals surface area contributed by atoms with E-state index in [-0.39, 0.29) is 23.5 Å². The molecule has 1 aromatic heterocycles. The van der Waals surface area contributed by atoms with Crippen LogP contribution < -0.4 is 10.6 Å². The van der Waals surface area contributed by atoms with Gasteiger partial charge in [0.1, 0.15) is 0 Å². The van der Waals surface area contributed by atoms with Crippen LogP contribution in [0.1, 0.15) is 43.6 Å². The standard InChI is InChI=1S/C21H27F2N5O/c1-13(2)26-20(29)18-10-17-19(25-12-24-17)21(27-18)5-7-28(8-6-21)11-14-3-4-15(22)16(23)9-14/h3-4,9,12-13,18,27H,5-8,10-11H2,1-2H3,(H,24,25)(H,26,29)/t18-/m0/s1. The average molecular weight is 403 g/mol. The van der Waals surface area contributed by atoms with Crippen molar-refractivity contribution in [3.63, 3.8) is 0 Å². The van der Waals surface area contributed by atoms with E-state index in [1.807, 2.05) is 13.8 Å². The van der Waals surface area contributed by atoms with Crippen molar-refractivity contribution < 1.29 is 13.6 Å². The smallest absolute Gasteiger partial charge is 0.237 e. The highest BCUT2D eigenvalue weighted by molar-refractivity contribution is 5.82. The molecule has 29 heavy (non-hydrogen) atoms. The predicted octanol–water partition coefficient (Wildman–Crippen LogP) is 2.22. The van der Waals surface area contributed by atoms with Gasteiger partial charge in [-0.15, -0.1) is 0 Å². The third kappa shape index (κ3) is 4.04. The number of benzene rings is 1. The summed E-state index contributed by atoms with van der Waals surface area (Å²) in [5.74, 6) is -1.64. The number of rotatable bonds is 4. The molecule has 3 heterocycles. The van der Waals surface area contributed by atoms with Crippen molar-refractivity contribution in [2.24, 2.45) is 0 Å². The van der Waals surface area contributed by atoms with Crippen LogP contribution in [0.4, 0.5) is 8.78 Å². The normalized spacial score (nSPS) is 21.3. The fourth-order valence-corrected chi connectivity index (χ4v) is 4.46. The third-order valence-corrected chi connectivity index (χ3v) is 5.88. The van der Waals surface area contributed by atoms with E-state index in [0.717, 1.165) is 42.9 Å². The van der Waals surface area contributed by atoms with Crippen molar-refractivity contribution in [3.8, 4) is 0 Å². The minimum absolute atomic E-state index is 0.00356. The number of aromatic nitrogens is 2. The zero-order valence-electron chi connectivity index (χ0n) is 16.8. The number of carbonyl (C=O) groups is 1. The summed E-state index contributed by atoms with van der Waals surface area (Å²) in [7, 11) is 0. The van der Waals surface area contributed by atoms with Gasteiger partial charge in [0.05, 0.1) is 23.6 Å². The summed E-state index contributed by atoms with van der Waals surface area (Å²) >= 11 is 0. The zero-order chi connectivity index (χ0) is 20.6. The highest BCUT2D eigenvalue weighted by atomic mass is 19.2. The molecule has 1 atom stereocenters. The number of nitrogens with one attached hydrogen (secondary N) is 3. The number of piperidine rings is 1. The molecule has 0 saturated carbocycles. The Hall–Kier alpha value is -2.32. The van der Waals surface area contributed by atoms with Gasteiger partial charge in [0.15, 0.2) is 11.6 Å². The first-order valence-corrected chi connectivity index (χ1v) is 10.1. The van der Waals surface area contributed by atoms with Crippen LogP contribution >= 0.6 is 0 Å². The maximum Gasteiger partial charge on any atom is 0.237 e. The maximum atomic E-state index is 13.5. The highest BCUT2D eigenvalue weighted by Crippen LogP contribution is 2.37. The van der Waals surface area contributed by atoms with E-state index in [1.54, 1.807) is 12.4 Å². The molecular weight excluding hydrogens is 376 g/mol. The minimum atomic E-state index is -0.825. The van der Waals surface area contributed by atoms with Gasteiger partial charge in [0.25, 0.3) is 0 Å². The molecule has 156 valence electrons. The summed E-state index contributed by atoms with van der Waals surface area (Å²) in [6.45, 7) is 6.02. The second-order valence-electron chi connectivity index (χ2n) is 8.40. The summed E-state index contributed by atoms with van der Waals surface area (Å²) in [4.78, 5) is 22.6. The number of carbonyl (C=O) groups excluding carboxylic acids is 1. The van der Waals surface area contributed by atoms with Crippen LogP contribution in [-0.4, -0.2) is 45.9 Å². The Bertz CT molecular complexity index is 889. The van der Waals surface area contributed by atoms with Crippen molar-refractivity contribution in [3.05, 3.63) is 53.1 Å². The second-order valence-corrected chi connectivity index (χ2v) is 8.40. The summed E-state index contributed by atoms with van der Waals surface area (Å²) < 4.78 is 26.7. The lowest BCUT2D eigenvalue weighted by Crippen LogP contribution is -2.61. The molecule has 0 bridgehead atoms. The van der Waals surface area contributed by atoms with Crippen LogP contribution in [0, 0.1) is 11.6 Å². The number of halogens is 2. The van der Waals surface area contributed by atoms with E-state index in [9.17, 15) is 13.6 Å². The number of fused-ring (bicyclic) bond motifs is 2. The van der Waals surface area contributed by atoms with Gasteiger partial charge in [-0.2, -0.15) is 0 Å². The maximum absolute atomic E-state index is 13.5. The molecule has 1 amide bonds. The first-order chi connectivity index (χ1) is 13.9. The largest absolute Gasteiger partial charge is 0.353 e. The van der Waals surface area contributed by atoms with Crippen LogP contribution in [0.2, 0.25) is 0 Å². The van der Waals surface area contributed by atoms with Gasteiger partial charge in [0.2, 0.25) is 5.91 Å². The number of nitrogens with zero attached hydrogens (tertiary/aromatic N) is 2. The molecular formula is C21H27F2N5O. The molecule has 2 aliphatic rings. The Balaban J connectivity index is 1.47. The summed E-state index contributed by atoms with van der Waals surface area (Å²) in [6.07, 6.45) is 3.87. The van der Waals surface area contributed by atoms with E-state index in [4.69, 9.17) is 0 Å². The lowest BCUT2D eigenvalue weighted by atomic mass is 9.78. The van der Waals surface area contributed by atoms with Crippen LogP contribution in [0.5, 0.6) is 0 Å². The number of hydrogen-bond donors (Lipinski definition) is 3. The van der Waals surface area contributed by atoms with E-state index < -0.39 is 11.6 Å². The topological polar surface area (TPSA) is 73.0 Å². The van der Waals surface area contributed by atoms with E-state index in [1.165, 1.54) is 12.1 Å². The third-order valence-electron chi connectivity index (χ3n) is 5.88. The molecule has 0 aliphatic carbocycles. The van der Waals surface area contributed by atoms with Gasteiger partial charge >= 0.3 is 0 Å². The van der Waals surface area contributed by atoms with Crippen LogP contribution in [0.25, 0.3) is 0 Å². The molecule has 0 unspecified atom stereocenters. The fraction of sp³-hybridized carbons (Fsp3) is 0.524. The average Bonchev–Trinajstić information content (AvgIpc) is 3.16. The molecule has 8 heteroatoms. The molecule has 6 nitrogen and oxygen atoms in total. The quantitative estimate of drug-likeness (QED) is 0.732. The van der Waals surface area contributed by atoms with Crippen molar-refractivity contribution in [2.45, 2.75) is 57.3 Å². The fourth-order valence-electron chi connectivity index (χ4n) is 4.46. The number of aromatic amines is 1. The van der Waals surface area contributed by atoms with E-state index in [2.05, 4.69) is 25.5 Å². The van der Waals surface area contributed by atoms with Gasteiger partial charge in [0, 0.05) is 37.8 Å². The number of amides is 1. The number of imidazole rings is 1. The van der Waals surface area contributed by atoms with Gasteiger partial charge in [-0.25, -0.2) is 13.8 Å². The van der Waals surface area contributed by atoms with Crippen molar-refractivity contribution >= 4 is 5.91 Å². The molecule has 1 saturated heterocycles.